The molecule has 0 spiro atoms. The highest BCUT2D eigenvalue weighted by Gasteiger charge is 2.35. The van der Waals surface area contributed by atoms with Crippen molar-refractivity contribution in [2.45, 2.75) is 20.3 Å². The van der Waals surface area contributed by atoms with E-state index in [0.717, 1.165) is 5.56 Å². The van der Waals surface area contributed by atoms with Crippen molar-refractivity contribution >= 4 is 34.3 Å². The van der Waals surface area contributed by atoms with Crippen LogP contribution in [0, 0.1) is 25.6 Å². The van der Waals surface area contributed by atoms with E-state index in [4.69, 9.17) is 4.42 Å². The Morgan fingerprint density at radius 1 is 1.26 bits per heavy atom. The molecule has 0 radical (unpaired) electrons. The van der Waals surface area contributed by atoms with Crippen LogP contribution in [0.5, 0.6) is 0 Å². The maximum atomic E-state index is 13.9. The van der Waals surface area contributed by atoms with Crippen LogP contribution in [0.15, 0.2) is 40.8 Å². The molecule has 138 valence electrons. The van der Waals surface area contributed by atoms with E-state index in [-0.39, 0.29) is 30.5 Å². The molecule has 4 rings (SSSR count). The number of carbonyl (C=O) groups excluding carboxylic acids is 2. The van der Waals surface area contributed by atoms with Gasteiger partial charge in [-0.1, -0.05) is 6.07 Å². The largest absolute Gasteiger partial charge is 0.441 e. The number of oxazole rings is 1. The number of aryl methyl sites for hydroxylation is 2. The van der Waals surface area contributed by atoms with Crippen molar-refractivity contribution in [3.8, 4) is 0 Å². The number of nitrogens with zero attached hydrogens (tertiary/aromatic N) is 2. The Kier molecular flexibility index (Phi) is 4.14. The Morgan fingerprint density at radius 3 is 2.89 bits per heavy atom. The van der Waals surface area contributed by atoms with Crippen molar-refractivity contribution in [1.29, 1.82) is 0 Å². The van der Waals surface area contributed by atoms with Gasteiger partial charge in [0.25, 0.3) is 0 Å². The van der Waals surface area contributed by atoms with Crippen LogP contribution < -0.4 is 10.2 Å². The molecule has 1 N–H and O–H groups in total. The van der Waals surface area contributed by atoms with Gasteiger partial charge < -0.3 is 14.6 Å². The molecule has 1 aliphatic rings. The van der Waals surface area contributed by atoms with E-state index in [0.29, 0.717) is 22.7 Å². The van der Waals surface area contributed by atoms with E-state index in [1.54, 1.807) is 42.2 Å². The molecule has 2 aromatic carbocycles. The molecule has 3 aromatic rings. The fourth-order valence-corrected chi connectivity index (χ4v) is 3.30. The van der Waals surface area contributed by atoms with Gasteiger partial charge in [-0.2, -0.15) is 0 Å². The SMILES string of the molecule is Cc1ccc(F)c(NC(=O)C2CC(=O)N(c3ccc4oc(C)nc4c3)C2)c1. The van der Waals surface area contributed by atoms with E-state index >= 15 is 0 Å². The summed E-state index contributed by atoms with van der Waals surface area (Å²) in [5.74, 6) is -1.02. The number of hydrogen-bond donors (Lipinski definition) is 1. The number of benzene rings is 2. The van der Waals surface area contributed by atoms with Crippen LogP contribution in [-0.4, -0.2) is 23.3 Å². The molecule has 6 nitrogen and oxygen atoms in total. The Balaban J connectivity index is 1.52. The van der Waals surface area contributed by atoms with Crippen LogP contribution in [-0.2, 0) is 9.59 Å². The molecule has 7 heteroatoms. The van der Waals surface area contributed by atoms with Crippen molar-refractivity contribution in [3.63, 3.8) is 0 Å². The smallest absolute Gasteiger partial charge is 0.229 e. The maximum absolute atomic E-state index is 13.9. The molecule has 1 saturated heterocycles. The highest BCUT2D eigenvalue weighted by molar-refractivity contribution is 6.04. The zero-order valence-corrected chi connectivity index (χ0v) is 15.0. The van der Waals surface area contributed by atoms with Crippen molar-refractivity contribution in [2.24, 2.45) is 5.92 Å². The summed E-state index contributed by atoms with van der Waals surface area (Å²) < 4.78 is 19.3. The summed E-state index contributed by atoms with van der Waals surface area (Å²) in [6.07, 6.45) is 0.0785. The Labute approximate surface area is 155 Å². The van der Waals surface area contributed by atoms with E-state index in [2.05, 4.69) is 10.3 Å². The Hall–Kier alpha value is -3.22. The number of aromatic nitrogens is 1. The third kappa shape index (κ3) is 3.28. The fraction of sp³-hybridized carbons (Fsp3) is 0.250. The third-order valence-electron chi connectivity index (χ3n) is 4.67. The van der Waals surface area contributed by atoms with E-state index in [9.17, 15) is 14.0 Å². The summed E-state index contributed by atoms with van der Waals surface area (Å²) >= 11 is 0. The van der Waals surface area contributed by atoms with Crippen LogP contribution >= 0.6 is 0 Å². The lowest BCUT2D eigenvalue weighted by molar-refractivity contribution is -0.122. The van der Waals surface area contributed by atoms with Crippen LogP contribution in [0.2, 0.25) is 0 Å². The van der Waals surface area contributed by atoms with Crippen molar-refractivity contribution in [3.05, 3.63) is 53.7 Å². The van der Waals surface area contributed by atoms with Crippen molar-refractivity contribution in [2.75, 3.05) is 16.8 Å². The number of nitrogens with one attached hydrogen (secondary N) is 1. The van der Waals surface area contributed by atoms with Gasteiger partial charge in [0.15, 0.2) is 11.5 Å². The van der Waals surface area contributed by atoms with Crippen LogP contribution in [0.3, 0.4) is 0 Å². The Morgan fingerprint density at radius 2 is 2.07 bits per heavy atom. The second kappa shape index (κ2) is 6.50. The molecule has 1 unspecified atom stereocenters. The average molecular weight is 367 g/mol. The highest BCUT2D eigenvalue weighted by atomic mass is 19.1. The second-order valence-electron chi connectivity index (χ2n) is 6.76. The molecule has 27 heavy (non-hydrogen) atoms. The predicted octanol–water partition coefficient (Wildman–Crippen LogP) is 3.58. The summed E-state index contributed by atoms with van der Waals surface area (Å²) in [6.45, 7) is 3.81. The lowest BCUT2D eigenvalue weighted by Gasteiger charge is -2.16. The monoisotopic (exact) mass is 367 g/mol. The standard InChI is InChI=1S/C20H18FN3O3/c1-11-3-5-15(21)16(7-11)23-20(26)13-8-19(25)24(10-13)14-4-6-18-17(9-14)22-12(2)27-18/h3-7,9,13H,8,10H2,1-2H3,(H,23,26). The minimum absolute atomic E-state index is 0.0785. The van der Waals surface area contributed by atoms with Gasteiger partial charge in [0.2, 0.25) is 11.8 Å². The van der Waals surface area contributed by atoms with Crippen LogP contribution in [0.1, 0.15) is 17.9 Å². The van der Waals surface area contributed by atoms with Gasteiger partial charge in [0.1, 0.15) is 11.3 Å². The van der Waals surface area contributed by atoms with E-state index in [1.807, 2.05) is 6.92 Å². The number of anilines is 2. The van der Waals surface area contributed by atoms with Crippen molar-refractivity contribution in [1.82, 2.24) is 4.98 Å². The van der Waals surface area contributed by atoms with Crippen LogP contribution in [0.25, 0.3) is 11.1 Å². The van der Waals surface area contributed by atoms with Crippen molar-refractivity contribution < 1.29 is 18.4 Å². The molecule has 0 bridgehead atoms. The zero-order valence-electron chi connectivity index (χ0n) is 15.0. The molecule has 1 fully saturated rings. The lowest BCUT2D eigenvalue weighted by atomic mass is 10.1. The number of carbonyl (C=O) groups is 2. The van der Waals surface area contributed by atoms with Gasteiger partial charge >= 0.3 is 0 Å². The number of amides is 2. The molecule has 1 aromatic heterocycles. The second-order valence-corrected chi connectivity index (χ2v) is 6.76. The maximum Gasteiger partial charge on any atom is 0.229 e. The van der Waals surface area contributed by atoms with Gasteiger partial charge in [0.05, 0.1) is 11.6 Å². The van der Waals surface area contributed by atoms with E-state index in [1.165, 1.54) is 6.07 Å². The number of fused-ring (bicyclic) bond motifs is 1. The summed E-state index contributed by atoms with van der Waals surface area (Å²) in [7, 11) is 0. The van der Waals surface area contributed by atoms with Gasteiger partial charge in [-0.3, -0.25) is 9.59 Å². The molecule has 0 aliphatic carbocycles. The Bertz CT molecular complexity index is 1060. The van der Waals surface area contributed by atoms with Crippen LogP contribution in [0.4, 0.5) is 15.8 Å². The molecular weight excluding hydrogens is 349 g/mol. The fourth-order valence-electron chi connectivity index (χ4n) is 3.30. The summed E-state index contributed by atoms with van der Waals surface area (Å²) in [5, 5.41) is 2.60. The normalized spacial score (nSPS) is 16.9. The van der Waals surface area contributed by atoms with Gasteiger partial charge in [-0.15, -0.1) is 0 Å². The molecule has 2 heterocycles. The van der Waals surface area contributed by atoms with Gasteiger partial charge in [0, 0.05) is 25.6 Å². The lowest BCUT2D eigenvalue weighted by Crippen LogP contribution is -2.28. The summed E-state index contributed by atoms with van der Waals surface area (Å²) in [4.78, 5) is 30.8. The first-order valence-corrected chi connectivity index (χ1v) is 8.65. The van der Waals surface area contributed by atoms with Gasteiger partial charge in [-0.25, -0.2) is 9.37 Å². The van der Waals surface area contributed by atoms with E-state index < -0.39 is 11.7 Å². The number of hydrogen-bond acceptors (Lipinski definition) is 4. The average Bonchev–Trinajstić information content (AvgIpc) is 3.19. The molecule has 2 amide bonds. The topological polar surface area (TPSA) is 75.4 Å². The molecule has 1 atom stereocenters. The quantitative estimate of drug-likeness (QED) is 0.768. The minimum Gasteiger partial charge on any atom is -0.441 e. The number of rotatable bonds is 3. The highest BCUT2D eigenvalue weighted by Crippen LogP contribution is 2.29. The zero-order chi connectivity index (χ0) is 19.1. The summed E-state index contributed by atoms with van der Waals surface area (Å²) in [5.41, 5.74) is 2.94. The molecular formula is C20H18FN3O3. The third-order valence-corrected chi connectivity index (χ3v) is 4.67. The minimum atomic E-state index is -0.549. The molecule has 0 saturated carbocycles. The number of halogens is 1. The first-order chi connectivity index (χ1) is 12.9. The summed E-state index contributed by atoms with van der Waals surface area (Å²) in [6, 6.07) is 9.81. The first-order valence-electron chi connectivity index (χ1n) is 8.65. The van der Waals surface area contributed by atoms with Gasteiger partial charge in [-0.05, 0) is 42.8 Å². The predicted molar refractivity (Wildman–Crippen MR) is 99.0 cm³/mol. The first kappa shape index (κ1) is 17.2. The molecule has 1 aliphatic heterocycles.